The Morgan fingerprint density at radius 1 is 1.35 bits per heavy atom. The number of para-hydroxylation sites is 1. The highest BCUT2D eigenvalue weighted by atomic mass is 32.1. The van der Waals surface area contributed by atoms with Crippen molar-refractivity contribution in [3.63, 3.8) is 0 Å². The molecule has 0 spiro atoms. The lowest BCUT2D eigenvalue weighted by molar-refractivity contribution is 0.0527. The third-order valence-electron chi connectivity index (χ3n) is 3.44. The Morgan fingerprint density at radius 2 is 2.22 bits per heavy atom. The fraction of sp³-hybridized carbons (Fsp3) is 0.176. The van der Waals surface area contributed by atoms with E-state index in [4.69, 9.17) is 10.5 Å². The van der Waals surface area contributed by atoms with Crippen molar-refractivity contribution >= 4 is 39.6 Å². The molecule has 0 amide bonds. The quantitative estimate of drug-likeness (QED) is 0.552. The summed E-state index contributed by atoms with van der Waals surface area (Å²) in [6.45, 7) is 2.72. The van der Waals surface area contributed by atoms with E-state index in [1.807, 2.05) is 29.6 Å². The van der Waals surface area contributed by atoms with Crippen molar-refractivity contribution in [1.29, 1.82) is 0 Å². The molecule has 0 fully saturated rings. The summed E-state index contributed by atoms with van der Waals surface area (Å²) in [5, 5.41) is 6.17. The highest BCUT2D eigenvalue weighted by Crippen LogP contribution is 2.30. The second-order valence-corrected chi connectivity index (χ2v) is 5.98. The number of nitrogens with two attached hydrogens (primary N) is 1. The summed E-state index contributed by atoms with van der Waals surface area (Å²) in [4.78, 5) is 17.7. The fourth-order valence-electron chi connectivity index (χ4n) is 2.39. The van der Waals surface area contributed by atoms with Crippen LogP contribution in [-0.2, 0) is 11.3 Å². The lowest BCUT2D eigenvalue weighted by Gasteiger charge is -2.14. The first-order chi connectivity index (χ1) is 11.2. The minimum atomic E-state index is -0.391. The van der Waals surface area contributed by atoms with Crippen LogP contribution in [0.25, 0.3) is 10.9 Å². The van der Waals surface area contributed by atoms with Crippen molar-refractivity contribution in [2.24, 2.45) is 0 Å². The maximum atomic E-state index is 12.2. The van der Waals surface area contributed by atoms with Crippen molar-refractivity contribution in [3.05, 3.63) is 52.3 Å². The molecule has 1 aromatic carbocycles. The van der Waals surface area contributed by atoms with Crippen molar-refractivity contribution < 1.29 is 9.53 Å². The number of nitrogen functional groups attached to an aromatic ring is 1. The van der Waals surface area contributed by atoms with E-state index in [0.29, 0.717) is 35.6 Å². The van der Waals surface area contributed by atoms with Crippen LogP contribution < -0.4 is 11.1 Å². The highest BCUT2D eigenvalue weighted by Gasteiger charge is 2.17. The van der Waals surface area contributed by atoms with Gasteiger partial charge in [-0.3, -0.25) is 4.98 Å². The topological polar surface area (TPSA) is 77.2 Å². The van der Waals surface area contributed by atoms with Crippen molar-refractivity contribution in [3.8, 4) is 0 Å². The second-order valence-electron chi connectivity index (χ2n) is 4.94. The number of carbonyl (C=O) groups is 1. The number of fused-ring (bicyclic) bond motifs is 1. The predicted molar refractivity (Wildman–Crippen MR) is 93.8 cm³/mol. The molecule has 0 saturated carbocycles. The number of nitrogens with zero attached hydrogens (tertiary/aromatic N) is 1. The molecule has 0 unspecified atom stereocenters. The highest BCUT2D eigenvalue weighted by molar-refractivity contribution is 7.09. The molecule has 0 saturated heterocycles. The maximum Gasteiger partial charge on any atom is 0.341 e. The van der Waals surface area contributed by atoms with Gasteiger partial charge in [0.05, 0.1) is 23.5 Å². The lowest BCUT2D eigenvalue weighted by Crippen LogP contribution is -2.11. The van der Waals surface area contributed by atoms with Gasteiger partial charge in [0.15, 0.2) is 0 Å². The van der Waals surface area contributed by atoms with Gasteiger partial charge in [0.2, 0.25) is 0 Å². The molecule has 0 aliphatic rings. The summed E-state index contributed by atoms with van der Waals surface area (Å²) in [6, 6.07) is 9.58. The number of hydrogen-bond acceptors (Lipinski definition) is 6. The van der Waals surface area contributed by atoms with Crippen molar-refractivity contribution in [2.45, 2.75) is 13.5 Å². The fourth-order valence-corrected chi connectivity index (χ4v) is 3.03. The second kappa shape index (κ2) is 6.66. The van der Waals surface area contributed by atoms with E-state index in [2.05, 4.69) is 10.3 Å². The molecular weight excluding hydrogens is 310 g/mol. The average molecular weight is 327 g/mol. The van der Waals surface area contributed by atoms with E-state index in [1.165, 1.54) is 11.1 Å². The summed E-state index contributed by atoms with van der Waals surface area (Å²) in [5.74, 6) is -0.391. The number of esters is 1. The molecule has 0 aliphatic heterocycles. The predicted octanol–water partition coefficient (Wildman–Crippen LogP) is 3.67. The van der Waals surface area contributed by atoms with Gasteiger partial charge in [-0.2, -0.15) is 0 Å². The van der Waals surface area contributed by atoms with Crippen LogP contribution in [0.2, 0.25) is 0 Å². The SMILES string of the molecule is CCOC(=O)c1cnc2c(N)cccc2c1NCc1cccs1. The Morgan fingerprint density at radius 3 is 2.96 bits per heavy atom. The lowest BCUT2D eigenvalue weighted by atomic mass is 10.1. The number of carbonyl (C=O) groups excluding carboxylic acids is 1. The zero-order valence-electron chi connectivity index (χ0n) is 12.7. The molecule has 0 aliphatic carbocycles. The summed E-state index contributed by atoms with van der Waals surface area (Å²) >= 11 is 1.66. The summed E-state index contributed by atoms with van der Waals surface area (Å²) in [5.41, 5.74) is 8.37. The van der Waals surface area contributed by atoms with Crippen LogP contribution >= 0.6 is 11.3 Å². The van der Waals surface area contributed by atoms with Crippen molar-refractivity contribution in [2.75, 3.05) is 17.7 Å². The monoisotopic (exact) mass is 327 g/mol. The average Bonchev–Trinajstić information content (AvgIpc) is 3.06. The van der Waals surface area contributed by atoms with E-state index in [0.717, 1.165) is 5.39 Å². The minimum Gasteiger partial charge on any atom is -0.462 e. The number of hydrogen-bond donors (Lipinski definition) is 2. The third-order valence-corrected chi connectivity index (χ3v) is 4.32. The smallest absolute Gasteiger partial charge is 0.341 e. The van der Waals surface area contributed by atoms with Crippen molar-refractivity contribution in [1.82, 2.24) is 4.98 Å². The number of aromatic nitrogens is 1. The Kier molecular flexibility index (Phi) is 4.43. The van der Waals surface area contributed by atoms with E-state index < -0.39 is 5.97 Å². The molecule has 6 heteroatoms. The molecule has 3 N–H and O–H groups in total. The number of ether oxygens (including phenoxy) is 1. The number of rotatable bonds is 5. The van der Waals surface area contributed by atoms with Crippen LogP contribution in [0.1, 0.15) is 22.2 Å². The van der Waals surface area contributed by atoms with Gasteiger partial charge in [0.25, 0.3) is 0 Å². The Hall–Kier alpha value is -2.60. The molecule has 2 aromatic heterocycles. The van der Waals surface area contributed by atoms with Crippen LogP contribution in [-0.4, -0.2) is 17.6 Å². The molecule has 0 atom stereocenters. The standard InChI is InChI=1S/C17H17N3O2S/c1-2-22-17(21)13-10-20-16-12(6-3-7-14(16)18)15(13)19-9-11-5-4-8-23-11/h3-8,10H,2,9,18H2,1H3,(H,19,20). The van der Waals surface area contributed by atoms with Gasteiger partial charge in [-0.15, -0.1) is 11.3 Å². The largest absolute Gasteiger partial charge is 0.462 e. The number of thiophene rings is 1. The van der Waals surface area contributed by atoms with Crippen LogP contribution in [0.3, 0.4) is 0 Å². The molecule has 0 bridgehead atoms. The summed E-state index contributed by atoms with van der Waals surface area (Å²) in [6.07, 6.45) is 1.52. The Labute approximate surface area is 138 Å². The van der Waals surface area contributed by atoms with E-state index in [1.54, 1.807) is 24.3 Å². The first-order valence-corrected chi connectivity index (χ1v) is 8.19. The normalized spacial score (nSPS) is 10.7. The maximum absolute atomic E-state index is 12.2. The molecule has 3 rings (SSSR count). The molecule has 0 radical (unpaired) electrons. The van der Waals surface area contributed by atoms with Gasteiger partial charge in [-0.25, -0.2) is 4.79 Å². The molecule has 2 heterocycles. The first kappa shape index (κ1) is 15.3. The number of pyridine rings is 1. The van der Waals surface area contributed by atoms with Crippen LogP contribution in [0.5, 0.6) is 0 Å². The molecule has 3 aromatic rings. The molecule has 23 heavy (non-hydrogen) atoms. The van der Waals surface area contributed by atoms with Gasteiger partial charge >= 0.3 is 5.97 Å². The van der Waals surface area contributed by atoms with Gasteiger partial charge in [0.1, 0.15) is 5.56 Å². The molecule has 5 nitrogen and oxygen atoms in total. The Balaban J connectivity index is 2.06. The van der Waals surface area contributed by atoms with E-state index >= 15 is 0 Å². The zero-order valence-corrected chi connectivity index (χ0v) is 13.5. The van der Waals surface area contributed by atoms with Crippen LogP contribution in [0.15, 0.2) is 41.9 Å². The minimum absolute atomic E-state index is 0.318. The van der Waals surface area contributed by atoms with Gasteiger partial charge < -0.3 is 15.8 Å². The number of nitrogens with one attached hydrogen (secondary N) is 1. The van der Waals surface area contributed by atoms with E-state index in [-0.39, 0.29) is 0 Å². The first-order valence-electron chi connectivity index (χ1n) is 7.31. The summed E-state index contributed by atoms with van der Waals surface area (Å²) in [7, 11) is 0. The number of benzene rings is 1. The molecule has 118 valence electrons. The zero-order chi connectivity index (χ0) is 16.2. The van der Waals surface area contributed by atoms with Crippen LogP contribution in [0, 0.1) is 0 Å². The van der Waals surface area contributed by atoms with Gasteiger partial charge in [-0.1, -0.05) is 18.2 Å². The van der Waals surface area contributed by atoms with E-state index in [9.17, 15) is 4.79 Å². The van der Waals surface area contributed by atoms with Gasteiger partial charge in [0, 0.05) is 23.0 Å². The Bertz CT molecular complexity index is 831. The van der Waals surface area contributed by atoms with Crippen LogP contribution in [0.4, 0.5) is 11.4 Å². The van der Waals surface area contributed by atoms with Gasteiger partial charge in [-0.05, 0) is 24.4 Å². The summed E-state index contributed by atoms with van der Waals surface area (Å²) < 4.78 is 5.14. The third kappa shape index (κ3) is 3.12. The number of anilines is 2. The molecular formula is C17H17N3O2S.